The molecule has 9 heavy (non-hydrogen) atoms. The van der Waals surface area contributed by atoms with E-state index in [2.05, 4.69) is 4.98 Å². The van der Waals surface area contributed by atoms with Crippen LogP contribution in [-0.4, -0.2) is 16.6 Å². The van der Waals surface area contributed by atoms with Crippen LogP contribution in [0.25, 0.3) is 0 Å². The van der Waals surface area contributed by atoms with Crippen LogP contribution in [0.5, 0.6) is 0 Å². The van der Waals surface area contributed by atoms with Gasteiger partial charge in [-0.1, -0.05) is 0 Å². The Kier molecular flexibility index (Phi) is 1.81. The summed E-state index contributed by atoms with van der Waals surface area (Å²) in [5.74, 6) is 0.414. The quantitative estimate of drug-likeness (QED) is 0.571. The van der Waals surface area contributed by atoms with Gasteiger partial charge in [0.2, 0.25) is 0 Å². The largest absolute Gasteiger partial charge is 0.446 e. The van der Waals surface area contributed by atoms with E-state index in [0.717, 1.165) is 0 Å². The molecule has 0 aliphatic carbocycles. The van der Waals surface area contributed by atoms with Gasteiger partial charge in [0, 0.05) is 6.54 Å². The predicted octanol–water partition coefficient (Wildman–Crippen LogP) is -0.333. The van der Waals surface area contributed by atoms with E-state index in [1.807, 2.05) is 0 Å². The number of rotatable bonds is 2. The molecule has 0 amide bonds. The third-order valence-corrected chi connectivity index (χ3v) is 1.00. The maximum Gasteiger partial charge on any atom is 0.180 e. The first-order chi connectivity index (χ1) is 4.34. The zero-order valence-corrected chi connectivity index (χ0v) is 4.82. The summed E-state index contributed by atoms with van der Waals surface area (Å²) in [6.45, 7) is 0.162. The minimum absolute atomic E-state index is 0.162. The Labute approximate surface area is 52.3 Å². The second-order valence-electron chi connectivity index (χ2n) is 1.66. The first-order valence-corrected chi connectivity index (χ1v) is 2.61. The zero-order valence-electron chi connectivity index (χ0n) is 4.82. The Morgan fingerprint density at radius 3 is 3.11 bits per heavy atom. The van der Waals surface area contributed by atoms with Crippen molar-refractivity contribution in [2.45, 2.75) is 6.10 Å². The van der Waals surface area contributed by atoms with Crippen molar-refractivity contribution in [3.63, 3.8) is 0 Å². The zero-order chi connectivity index (χ0) is 6.69. The van der Waals surface area contributed by atoms with E-state index in [-0.39, 0.29) is 6.54 Å². The third kappa shape index (κ3) is 1.28. The highest BCUT2D eigenvalue weighted by molar-refractivity contribution is 4.93. The molecule has 1 atom stereocenters. The Bertz CT molecular complexity index is 161. The maximum absolute atomic E-state index is 8.96. The highest BCUT2D eigenvalue weighted by Gasteiger charge is 2.06. The van der Waals surface area contributed by atoms with Gasteiger partial charge in [-0.25, -0.2) is 4.98 Å². The van der Waals surface area contributed by atoms with Crippen LogP contribution in [0.2, 0.25) is 0 Å². The van der Waals surface area contributed by atoms with Crippen molar-refractivity contribution >= 4 is 0 Å². The number of hydrogen-bond acceptors (Lipinski definition) is 4. The number of aliphatic hydroxyl groups excluding tert-OH is 1. The Balaban J connectivity index is 2.65. The fraction of sp³-hybridized carbons (Fsp3) is 0.400. The van der Waals surface area contributed by atoms with Gasteiger partial charge in [-0.2, -0.15) is 0 Å². The minimum Gasteiger partial charge on any atom is -0.446 e. The summed E-state index contributed by atoms with van der Waals surface area (Å²) in [5, 5.41) is 8.96. The summed E-state index contributed by atoms with van der Waals surface area (Å²) in [6.07, 6.45) is 1.98. The molecule has 0 saturated heterocycles. The fourth-order valence-electron chi connectivity index (χ4n) is 0.506. The van der Waals surface area contributed by atoms with E-state index in [1.165, 1.54) is 12.6 Å². The van der Waals surface area contributed by atoms with Crippen LogP contribution in [-0.2, 0) is 0 Å². The van der Waals surface area contributed by atoms with Gasteiger partial charge in [0.1, 0.15) is 6.10 Å². The summed E-state index contributed by atoms with van der Waals surface area (Å²) < 4.78 is 4.75. The van der Waals surface area contributed by atoms with Crippen LogP contribution < -0.4 is 5.73 Å². The molecule has 0 radical (unpaired) electrons. The normalized spacial score (nSPS) is 13.6. The van der Waals surface area contributed by atoms with Gasteiger partial charge in [0.15, 0.2) is 12.2 Å². The lowest BCUT2D eigenvalue weighted by Gasteiger charge is -1.99. The van der Waals surface area contributed by atoms with Gasteiger partial charge < -0.3 is 15.3 Å². The average molecular weight is 128 g/mol. The SMILES string of the molecule is NCC(O)c1cnco1. The summed E-state index contributed by atoms with van der Waals surface area (Å²) >= 11 is 0. The molecule has 4 heteroatoms. The molecule has 0 aliphatic heterocycles. The number of aromatic nitrogens is 1. The molecule has 4 nitrogen and oxygen atoms in total. The average Bonchev–Trinajstić information content (AvgIpc) is 2.37. The summed E-state index contributed by atoms with van der Waals surface area (Å²) in [4.78, 5) is 3.61. The number of oxazole rings is 1. The first kappa shape index (κ1) is 6.25. The molecule has 1 aromatic rings. The van der Waals surface area contributed by atoms with Gasteiger partial charge in [-0.15, -0.1) is 0 Å². The smallest absolute Gasteiger partial charge is 0.180 e. The molecular formula is C5H8N2O2. The highest BCUT2D eigenvalue weighted by atomic mass is 16.4. The van der Waals surface area contributed by atoms with Crippen molar-refractivity contribution in [3.8, 4) is 0 Å². The minimum atomic E-state index is -0.715. The second kappa shape index (κ2) is 2.61. The van der Waals surface area contributed by atoms with Crippen LogP contribution in [0.3, 0.4) is 0 Å². The van der Waals surface area contributed by atoms with Crippen LogP contribution in [0.1, 0.15) is 11.9 Å². The second-order valence-corrected chi connectivity index (χ2v) is 1.66. The molecule has 1 aromatic heterocycles. The van der Waals surface area contributed by atoms with Crippen LogP contribution >= 0.6 is 0 Å². The van der Waals surface area contributed by atoms with Crippen molar-refractivity contribution < 1.29 is 9.52 Å². The van der Waals surface area contributed by atoms with Gasteiger partial charge >= 0.3 is 0 Å². The molecule has 3 N–H and O–H groups in total. The molecule has 50 valence electrons. The molecule has 0 saturated carbocycles. The topological polar surface area (TPSA) is 72.3 Å². The Morgan fingerprint density at radius 1 is 1.89 bits per heavy atom. The van der Waals surface area contributed by atoms with E-state index in [1.54, 1.807) is 0 Å². The Morgan fingerprint density at radius 2 is 2.67 bits per heavy atom. The van der Waals surface area contributed by atoms with Crippen LogP contribution in [0.4, 0.5) is 0 Å². The van der Waals surface area contributed by atoms with E-state index >= 15 is 0 Å². The lowest BCUT2D eigenvalue weighted by atomic mass is 10.3. The van der Waals surface area contributed by atoms with E-state index in [4.69, 9.17) is 15.3 Å². The van der Waals surface area contributed by atoms with Crippen LogP contribution in [0.15, 0.2) is 17.0 Å². The molecule has 0 aliphatic rings. The molecule has 0 aromatic carbocycles. The number of nitrogens with two attached hydrogens (primary N) is 1. The maximum atomic E-state index is 8.96. The summed E-state index contributed by atoms with van der Waals surface area (Å²) in [6, 6.07) is 0. The van der Waals surface area contributed by atoms with Crippen molar-refractivity contribution in [1.29, 1.82) is 0 Å². The summed E-state index contributed by atoms with van der Waals surface area (Å²) in [5.41, 5.74) is 5.13. The van der Waals surface area contributed by atoms with Gasteiger partial charge in [0.25, 0.3) is 0 Å². The first-order valence-electron chi connectivity index (χ1n) is 2.61. The third-order valence-electron chi connectivity index (χ3n) is 1.00. The van der Waals surface area contributed by atoms with E-state index in [9.17, 15) is 0 Å². The molecule has 0 fully saturated rings. The van der Waals surface area contributed by atoms with Crippen molar-refractivity contribution in [2.75, 3.05) is 6.54 Å². The van der Waals surface area contributed by atoms with Gasteiger partial charge in [-0.3, -0.25) is 0 Å². The molecule has 0 spiro atoms. The lowest BCUT2D eigenvalue weighted by Crippen LogP contribution is -2.10. The molecular weight excluding hydrogens is 120 g/mol. The summed E-state index contributed by atoms with van der Waals surface area (Å²) in [7, 11) is 0. The molecule has 1 heterocycles. The van der Waals surface area contributed by atoms with Gasteiger partial charge in [0.05, 0.1) is 6.20 Å². The number of hydrogen-bond donors (Lipinski definition) is 2. The van der Waals surface area contributed by atoms with Crippen molar-refractivity contribution in [2.24, 2.45) is 5.73 Å². The molecule has 1 rings (SSSR count). The van der Waals surface area contributed by atoms with E-state index < -0.39 is 6.10 Å². The predicted molar refractivity (Wildman–Crippen MR) is 30.5 cm³/mol. The van der Waals surface area contributed by atoms with E-state index in [0.29, 0.717) is 5.76 Å². The van der Waals surface area contributed by atoms with Crippen molar-refractivity contribution in [3.05, 3.63) is 18.4 Å². The molecule has 0 bridgehead atoms. The Hall–Kier alpha value is -0.870. The highest BCUT2D eigenvalue weighted by Crippen LogP contribution is 2.07. The van der Waals surface area contributed by atoms with Gasteiger partial charge in [-0.05, 0) is 0 Å². The standard InChI is InChI=1S/C5H8N2O2/c6-1-4(8)5-2-7-3-9-5/h2-4,8H,1,6H2. The molecule has 1 unspecified atom stereocenters. The number of aliphatic hydroxyl groups is 1. The fourth-order valence-corrected chi connectivity index (χ4v) is 0.506. The van der Waals surface area contributed by atoms with Crippen LogP contribution in [0, 0.1) is 0 Å². The number of nitrogens with zero attached hydrogens (tertiary/aromatic N) is 1. The lowest BCUT2D eigenvalue weighted by molar-refractivity contribution is 0.158. The monoisotopic (exact) mass is 128 g/mol. The van der Waals surface area contributed by atoms with Crippen molar-refractivity contribution in [1.82, 2.24) is 4.98 Å².